The van der Waals surface area contributed by atoms with Crippen LogP contribution in [0.4, 0.5) is 0 Å². The van der Waals surface area contributed by atoms with Gasteiger partial charge in [-0.05, 0) is 0 Å². The molecule has 0 aromatic carbocycles. The topological polar surface area (TPSA) is 311 Å². The zero-order valence-corrected chi connectivity index (χ0v) is 15.5. The number of hydrogen-bond donors (Lipinski definition) is 12. The molecule has 0 heterocycles. The standard InChI is InChI=1S/2Mn.4H3O4P/c;;4*1-5(2,3)4/h;;4*(H3,1,2,3,4). The Kier molecular flexibility index (Phi) is 28.2. The summed E-state index contributed by atoms with van der Waals surface area (Å²) in [5.41, 5.74) is 0. The third kappa shape index (κ3) is 4120. The predicted molar refractivity (Wildman–Crippen MR) is 57.1 cm³/mol. The van der Waals surface area contributed by atoms with Crippen LogP contribution in [-0.4, -0.2) is 58.7 Å². The molecule has 0 aromatic rings. The van der Waals surface area contributed by atoms with Crippen LogP contribution >= 0.6 is 31.3 Å². The summed E-state index contributed by atoms with van der Waals surface area (Å²) in [4.78, 5) is 86.2. The average Bonchev–Trinajstić information content (AvgIpc) is 1.62. The van der Waals surface area contributed by atoms with Crippen molar-refractivity contribution in [3.63, 3.8) is 0 Å². The van der Waals surface area contributed by atoms with Gasteiger partial charge in [0.05, 0.1) is 0 Å². The predicted octanol–water partition coefficient (Wildman–Crippen LogP) is -3.72. The maximum atomic E-state index is 8.88. The van der Waals surface area contributed by atoms with Crippen LogP contribution in [0.1, 0.15) is 0 Å². The minimum Gasteiger partial charge on any atom is -0.303 e. The maximum absolute atomic E-state index is 8.88. The van der Waals surface area contributed by atoms with E-state index in [2.05, 4.69) is 0 Å². The molecule has 12 N–H and O–H groups in total. The SMILES string of the molecule is O=P(O)(O)O.O=P(O)(O)O.O=P(O)(O)O.O=P(O)(O)O.[Mn].[Mn]. The first-order valence-corrected chi connectivity index (χ1v) is 9.39. The van der Waals surface area contributed by atoms with Gasteiger partial charge in [0, 0.05) is 34.1 Å². The molecule has 0 fully saturated rings. The molecule has 0 spiro atoms. The van der Waals surface area contributed by atoms with Gasteiger partial charge < -0.3 is 58.7 Å². The second kappa shape index (κ2) is 16.0. The fourth-order valence-electron chi connectivity index (χ4n) is 0. The average molecular weight is 502 g/mol. The Morgan fingerprint density at radius 1 is 0.318 bits per heavy atom. The molecule has 2 radical (unpaired) electrons. The zero-order valence-electron chi connectivity index (χ0n) is 9.54. The van der Waals surface area contributed by atoms with Crippen LogP contribution in [0.25, 0.3) is 0 Å². The fraction of sp³-hybridized carbons (Fsp3) is 0. The molecule has 16 nitrogen and oxygen atoms in total. The summed E-state index contributed by atoms with van der Waals surface area (Å²) in [6.45, 7) is 0. The van der Waals surface area contributed by atoms with Crippen molar-refractivity contribution in [2.24, 2.45) is 0 Å². The Labute approximate surface area is 142 Å². The van der Waals surface area contributed by atoms with Crippen molar-refractivity contribution >= 4 is 31.3 Å². The van der Waals surface area contributed by atoms with Crippen molar-refractivity contribution in [3.8, 4) is 0 Å². The largest absolute Gasteiger partial charge is 0.466 e. The van der Waals surface area contributed by atoms with Gasteiger partial charge in [0.1, 0.15) is 0 Å². The second-order valence-electron chi connectivity index (χ2n) is 2.05. The number of hydrogen-bond acceptors (Lipinski definition) is 4. The summed E-state index contributed by atoms with van der Waals surface area (Å²) >= 11 is 0. The maximum Gasteiger partial charge on any atom is 0.466 e. The van der Waals surface area contributed by atoms with Crippen LogP contribution < -0.4 is 0 Å². The minimum absolute atomic E-state index is 0. The van der Waals surface area contributed by atoms with Crippen LogP contribution in [0.2, 0.25) is 0 Å². The van der Waals surface area contributed by atoms with E-state index in [-0.39, 0.29) is 34.1 Å². The molecule has 0 aliphatic carbocycles. The molecule has 142 valence electrons. The Bertz CT molecular complexity index is 289. The van der Waals surface area contributed by atoms with Gasteiger partial charge >= 0.3 is 31.3 Å². The van der Waals surface area contributed by atoms with E-state index >= 15 is 0 Å². The molecule has 22 heavy (non-hydrogen) atoms. The quantitative estimate of drug-likeness (QED) is 0.112. The zero-order chi connectivity index (χ0) is 18.0. The summed E-state index contributed by atoms with van der Waals surface area (Å²) in [6.07, 6.45) is 0. The van der Waals surface area contributed by atoms with Gasteiger partial charge in [0.25, 0.3) is 0 Å². The summed E-state index contributed by atoms with van der Waals surface area (Å²) in [5, 5.41) is 0. The van der Waals surface area contributed by atoms with Crippen molar-refractivity contribution in [2.75, 3.05) is 0 Å². The van der Waals surface area contributed by atoms with Gasteiger partial charge in [-0.25, -0.2) is 18.3 Å². The van der Waals surface area contributed by atoms with E-state index in [0.717, 1.165) is 0 Å². The molecule has 22 heteroatoms. The number of phosphoric acid groups is 4. The van der Waals surface area contributed by atoms with Crippen molar-refractivity contribution in [1.82, 2.24) is 0 Å². The van der Waals surface area contributed by atoms with E-state index in [9.17, 15) is 0 Å². The molecule has 0 saturated heterocycles. The molecule has 0 aliphatic heterocycles. The Balaban J connectivity index is -0.0000000376. The molecule has 0 atom stereocenters. The summed E-state index contributed by atoms with van der Waals surface area (Å²) in [5.74, 6) is 0. The molecular formula is H12Mn2O16P4. The molecule has 0 amide bonds. The summed E-state index contributed by atoms with van der Waals surface area (Å²) < 4.78 is 35.5. The smallest absolute Gasteiger partial charge is 0.303 e. The van der Waals surface area contributed by atoms with Crippen molar-refractivity contribution in [1.29, 1.82) is 0 Å². The molecule has 0 bridgehead atoms. The van der Waals surface area contributed by atoms with Gasteiger partial charge in [0.15, 0.2) is 0 Å². The van der Waals surface area contributed by atoms with E-state index in [0.29, 0.717) is 0 Å². The second-order valence-corrected chi connectivity index (χ2v) is 6.16. The third-order valence-corrected chi connectivity index (χ3v) is 0. The Morgan fingerprint density at radius 3 is 0.318 bits per heavy atom. The summed E-state index contributed by atoms with van der Waals surface area (Å²) in [7, 11) is -18.6. The first-order chi connectivity index (χ1) is 8.00. The van der Waals surface area contributed by atoms with Crippen LogP contribution in [0.3, 0.4) is 0 Å². The molecule has 0 aromatic heterocycles. The first-order valence-electron chi connectivity index (χ1n) is 3.13. The van der Waals surface area contributed by atoms with E-state index in [1.807, 2.05) is 0 Å². The van der Waals surface area contributed by atoms with E-state index in [4.69, 9.17) is 77.0 Å². The van der Waals surface area contributed by atoms with Crippen molar-refractivity contribution < 1.29 is 111 Å². The molecular weight excluding hydrogens is 490 g/mol. The molecule has 0 saturated carbocycles. The van der Waals surface area contributed by atoms with Crippen molar-refractivity contribution in [3.05, 3.63) is 0 Å². The van der Waals surface area contributed by atoms with Gasteiger partial charge in [0.2, 0.25) is 0 Å². The molecule has 0 rings (SSSR count). The van der Waals surface area contributed by atoms with Gasteiger partial charge in [-0.2, -0.15) is 0 Å². The first kappa shape index (κ1) is 38.8. The van der Waals surface area contributed by atoms with Crippen molar-refractivity contribution in [2.45, 2.75) is 0 Å². The van der Waals surface area contributed by atoms with Crippen LogP contribution in [0, 0.1) is 0 Å². The molecule has 0 unspecified atom stereocenters. The van der Waals surface area contributed by atoms with Gasteiger partial charge in [-0.15, -0.1) is 0 Å². The monoisotopic (exact) mass is 502 g/mol. The van der Waals surface area contributed by atoms with Crippen LogP contribution in [0.15, 0.2) is 0 Å². The van der Waals surface area contributed by atoms with E-state index in [1.54, 1.807) is 0 Å². The Morgan fingerprint density at radius 2 is 0.318 bits per heavy atom. The minimum atomic E-state index is -4.64. The van der Waals surface area contributed by atoms with Crippen LogP contribution in [0.5, 0.6) is 0 Å². The Hall–Kier alpha value is 1.48. The van der Waals surface area contributed by atoms with Crippen LogP contribution in [-0.2, 0) is 52.4 Å². The normalized spacial score (nSPS) is 10.7. The molecule has 0 aliphatic rings. The third-order valence-electron chi connectivity index (χ3n) is 0. The van der Waals surface area contributed by atoms with E-state index in [1.165, 1.54) is 0 Å². The van der Waals surface area contributed by atoms with Gasteiger partial charge in [-0.1, -0.05) is 0 Å². The van der Waals surface area contributed by atoms with Gasteiger partial charge in [-0.3, -0.25) is 0 Å². The van der Waals surface area contributed by atoms with E-state index < -0.39 is 31.3 Å². The fourth-order valence-corrected chi connectivity index (χ4v) is 0. The summed E-state index contributed by atoms with van der Waals surface area (Å²) in [6, 6.07) is 0. The number of rotatable bonds is 0.